The predicted octanol–water partition coefficient (Wildman–Crippen LogP) is 2.20. The average Bonchev–Trinajstić information content (AvgIpc) is 3.09. The molecule has 0 spiro atoms. The van der Waals surface area contributed by atoms with Gasteiger partial charge in [0, 0.05) is 32.9 Å². The Bertz CT molecular complexity index is 621. The summed E-state index contributed by atoms with van der Waals surface area (Å²) < 4.78 is 2.05. The molecule has 3 saturated heterocycles. The van der Waals surface area contributed by atoms with Gasteiger partial charge >= 0.3 is 0 Å². The van der Waals surface area contributed by atoms with Gasteiger partial charge in [-0.25, -0.2) is 0 Å². The molecule has 5 rings (SSSR count). The molecule has 144 valence electrons. The second kappa shape index (κ2) is 7.67. The van der Waals surface area contributed by atoms with Crippen molar-refractivity contribution >= 4 is 5.91 Å². The highest BCUT2D eigenvalue weighted by atomic mass is 16.2. The zero-order chi connectivity index (χ0) is 18.1. The van der Waals surface area contributed by atoms with Gasteiger partial charge in [0.2, 0.25) is 5.91 Å². The van der Waals surface area contributed by atoms with Crippen molar-refractivity contribution in [3.05, 3.63) is 11.9 Å². The summed E-state index contributed by atoms with van der Waals surface area (Å²) in [7, 11) is 3.75. The number of nitrogens with zero attached hydrogens (tertiary/aromatic N) is 5. The molecule has 1 aromatic heterocycles. The van der Waals surface area contributed by atoms with Crippen molar-refractivity contribution in [1.29, 1.82) is 0 Å². The van der Waals surface area contributed by atoms with Crippen LogP contribution in [-0.2, 0) is 17.8 Å². The van der Waals surface area contributed by atoms with Crippen LogP contribution in [0.15, 0.2) is 6.20 Å². The third-order valence-corrected chi connectivity index (χ3v) is 6.84. The van der Waals surface area contributed by atoms with Crippen LogP contribution in [0.1, 0.15) is 50.6 Å². The summed E-state index contributed by atoms with van der Waals surface area (Å²) in [5.74, 6) is 1.83. The summed E-state index contributed by atoms with van der Waals surface area (Å²) in [6, 6.07) is 0.504. The van der Waals surface area contributed by atoms with Crippen molar-refractivity contribution in [2.45, 2.75) is 64.0 Å². The van der Waals surface area contributed by atoms with Gasteiger partial charge in [-0.15, -0.1) is 5.10 Å². The summed E-state index contributed by atoms with van der Waals surface area (Å²) in [6.45, 7) is 2.95. The number of carbonyl (C=O) groups excluding carboxylic acids is 1. The van der Waals surface area contributed by atoms with Gasteiger partial charge in [-0.05, 0) is 37.6 Å². The molecular formula is C20H33N5O. The van der Waals surface area contributed by atoms with Crippen molar-refractivity contribution in [2.24, 2.45) is 17.8 Å². The van der Waals surface area contributed by atoms with Crippen LogP contribution in [-0.4, -0.2) is 63.9 Å². The van der Waals surface area contributed by atoms with Crippen molar-refractivity contribution < 1.29 is 4.79 Å². The highest BCUT2D eigenvalue weighted by Crippen LogP contribution is 2.37. The van der Waals surface area contributed by atoms with E-state index in [4.69, 9.17) is 0 Å². The fraction of sp³-hybridized carbons (Fsp3) is 0.850. The fourth-order valence-corrected chi connectivity index (χ4v) is 5.36. The van der Waals surface area contributed by atoms with Gasteiger partial charge in [-0.1, -0.05) is 37.3 Å². The van der Waals surface area contributed by atoms with Gasteiger partial charge in [0.15, 0.2) is 0 Å². The van der Waals surface area contributed by atoms with Crippen LogP contribution >= 0.6 is 0 Å². The molecule has 0 aromatic carbocycles. The summed E-state index contributed by atoms with van der Waals surface area (Å²) in [6.07, 6.45) is 12.4. The molecule has 6 nitrogen and oxygen atoms in total. The van der Waals surface area contributed by atoms with Gasteiger partial charge in [0.05, 0.1) is 18.2 Å². The molecule has 3 aliphatic heterocycles. The molecule has 1 aliphatic carbocycles. The van der Waals surface area contributed by atoms with E-state index in [0.717, 1.165) is 50.5 Å². The van der Waals surface area contributed by atoms with Crippen LogP contribution in [0.4, 0.5) is 0 Å². The Morgan fingerprint density at radius 2 is 2.04 bits per heavy atom. The number of carbonyl (C=O) groups is 1. The van der Waals surface area contributed by atoms with Crippen molar-refractivity contribution in [3.63, 3.8) is 0 Å². The number of fused-ring (bicyclic) bond motifs is 3. The minimum Gasteiger partial charge on any atom is -0.349 e. The lowest BCUT2D eigenvalue weighted by Crippen LogP contribution is -2.57. The molecule has 4 heterocycles. The van der Waals surface area contributed by atoms with Gasteiger partial charge in [0.25, 0.3) is 0 Å². The maximum Gasteiger partial charge on any atom is 0.226 e. The number of aromatic nitrogens is 3. The van der Waals surface area contributed by atoms with E-state index in [9.17, 15) is 4.79 Å². The molecular weight excluding hydrogens is 326 g/mol. The Morgan fingerprint density at radius 3 is 2.73 bits per heavy atom. The van der Waals surface area contributed by atoms with Gasteiger partial charge in [-0.2, -0.15) is 0 Å². The van der Waals surface area contributed by atoms with Crippen LogP contribution in [0.2, 0.25) is 0 Å². The first kappa shape index (κ1) is 18.0. The summed E-state index contributed by atoms with van der Waals surface area (Å²) in [4.78, 5) is 16.7. The topological polar surface area (TPSA) is 54.3 Å². The molecule has 1 amide bonds. The molecule has 1 unspecified atom stereocenters. The first-order valence-electron chi connectivity index (χ1n) is 10.4. The molecule has 4 aliphatic rings. The highest BCUT2D eigenvalue weighted by Gasteiger charge is 2.43. The molecule has 1 aromatic rings. The number of hydrogen-bond donors (Lipinski definition) is 0. The lowest BCUT2D eigenvalue weighted by Gasteiger charge is -2.49. The number of piperidine rings is 3. The van der Waals surface area contributed by atoms with Gasteiger partial charge < -0.3 is 4.90 Å². The van der Waals surface area contributed by atoms with E-state index >= 15 is 0 Å². The van der Waals surface area contributed by atoms with E-state index in [1.807, 2.05) is 18.8 Å². The molecule has 4 atom stereocenters. The van der Waals surface area contributed by atoms with Crippen LogP contribution < -0.4 is 0 Å². The van der Waals surface area contributed by atoms with Crippen LogP contribution in [0.5, 0.6) is 0 Å². The summed E-state index contributed by atoms with van der Waals surface area (Å²) in [5.41, 5.74) is 1.16. The molecule has 26 heavy (non-hydrogen) atoms. The third kappa shape index (κ3) is 3.80. The molecule has 0 N–H and O–H groups in total. The van der Waals surface area contributed by atoms with Crippen LogP contribution in [0.3, 0.4) is 0 Å². The molecule has 4 fully saturated rings. The Balaban J connectivity index is 1.33. The first-order valence-corrected chi connectivity index (χ1v) is 10.4. The van der Waals surface area contributed by atoms with Crippen molar-refractivity contribution in [2.75, 3.05) is 27.2 Å². The average molecular weight is 360 g/mol. The lowest BCUT2D eigenvalue weighted by molar-refractivity contribution is -0.141. The Hall–Kier alpha value is -1.43. The maximum absolute atomic E-state index is 12.4. The number of amides is 1. The van der Waals surface area contributed by atoms with Crippen LogP contribution in [0, 0.1) is 17.8 Å². The molecule has 0 radical (unpaired) electrons. The van der Waals surface area contributed by atoms with Crippen molar-refractivity contribution in [1.82, 2.24) is 24.8 Å². The normalized spacial score (nSPS) is 31.9. The highest BCUT2D eigenvalue weighted by molar-refractivity contribution is 5.79. The smallest absolute Gasteiger partial charge is 0.226 e. The Kier molecular flexibility index (Phi) is 5.30. The fourth-order valence-electron chi connectivity index (χ4n) is 5.36. The molecule has 6 heteroatoms. The minimum atomic E-state index is 0.188. The van der Waals surface area contributed by atoms with Crippen LogP contribution in [0.25, 0.3) is 0 Å². The van der Waals surface area contributed by atoms with E-state index < -0.39 is 0 Å². The predicted molar refractivity (Wildman–Crippen MR) is 101 cm³/mol. The molecule has 2 bridgehead atoms. The second-order valence-corrected chi connectivity index (χ2v) is 8.91. The standard InChI is InChI=1S/C20H33N5O/c1-23(2)20(26)19-14-24-9-8-16(19)11-18(24)13-25-12-17(21-22-25)10-15-6-4-3-5-7-15/h12,15-16,18-19H,3-11,13-14H2,1-2H3/t16-,18+,19+/m0/s1. The maximum atomic E-state index is 12.4. The van der Waals surface area contributed by atoms with E-state index in [1.54, 1.807) is 4.90 Å². The van der Waals surface area contributed by atoms with E-state index in [2.05, 4.69) is 21.4 Å². The summed E-state index contributed by atoms with van der Waals surface area (Å²) in [5, 5.41) is 8.84. The third-order valence-electron chi connectivity index (χ3n) is 6.84. The zero-order valence-electron chi connectivity index (χ0n) is 16.3. The Morgan fingerprint density at radius 1 is 1.23 bits per heavy atom. The lowest BCUT2D eigenvalue weighted by atomic mass is 9.75. The molecule has 1 saturated carbocycles. The van der Waals surface area contributed by atoms with Crippen molar-refractivity contribution in [3.8, 4) is 0 Å². The first-order chi connectivity index (χ1) is 12.6. The van der Waals surface area contributed by atoms with Gasteiger partial charge in [-0.3, -0.25) is 14.4 Å². The van der Waals surface area contributed by atoms with E-state index in [0.29, 0.717) is 17.9 Å². The largest absolute Gasteiger partial charge is 0.349 e. The zero-order valence-corrected chi connectivity index (χ0v) is 16.3. The Labute approximate surface area is 156 Å². The van der Waals surface area contributed by atoms with Gasteiger partial charge in [0.1, 0.15) is 0 Å². The minimum absolute atomic E-state index is 0.188. The SMILES string of the molecule is CN(C)C(=O)[C@@H]1CN2CC[C@H]1C[C@@H]2Cn1cc(CC2CCCCC2)nn1. The van der Waals surface area contributed by atoms with E-state index in [-0.39, 0.29) is 5.92 Å². The quantitative estimate of drug-likeness (QED) is 0.809. The summed E-state index contributed by atoms with van der Waals surface area (Å²) >= 11 is 0. The monoisotopic (exact) mass is 359 g/mol. The van der Waals surface area contributed by atoms with E-state index in [1.165, 1.54) is 32.1 Å². The number of rotatable bonds is 5. The number of hydrogen-bond acceptors (Lipinski definition) is 4. The second-order valence-electron chi connectivity index (χ2n) is 8.91.